The summed E-state index contributed by atoms with van der Waals surface area (Å²) in [5, 5.41) is 38.6. The zero-order valence-corrected chi connectivity index (χ0v) is 15.4. The summed E-state index contributed by atoms with van der Waals surface area (Å²) >= 11 is 0. The molecule has 0 aromatic heterocycles. The maximum atomic E-state index is 9.97. The fourth-order valence-electron chi connectivity index (χ4n) is 3.40. The predicted octanol–water partition coefficient (Wildman–Crippen LogP) is 2.14. The largest absolute Gasteiger partial charge is 0.394 e. The van der Waals surface area contributed by atoms with Gasteiger partial charge in [-0.25, -0.2) is 0 Å². The molecule has 0 saturated carbocycles. The van der Waals surface area contributed by atoms with E-state index in [9.17, 15) is 15.3 Å². The first-order valence-electron chi connectivity index (χ1n) is 9.85. The summed E-state index contributed by atoms with van der Waals surface area (Å²) in [6.45, 7) is -0.357. The van der Waals surface area contributed by atoms with Crippen LogP contribution in [0.2, 0.25) is 0 Å². The Morgan fingerprint density at radius 2 is 1.16 bits per heavy atom. The Kier molecular flexibility index (Phi) is 12.1. The summed E-state index contributed by atoms with van der Waals surface area (Å²) in [6.07, 6.45) is 13.7. The molecule has 5 heteroatoms. The Morgan fingerprint density at radius 3 is 1.68 bits per heavy atom. The van der Waals surface area contributed by atoms with Crippen molar-refractivity contribution < 1.29 is 25.2 Å². The summed E-state index contributed by atoms with van der Waals surface area (Å²) in [6, 6.07) is 0. The summed E-state index contributed by atoms with van der Waals surface area (Å²) in [5.41, 5.74) is 0. The lowest BCUT2D eigenvalue weighted by Gasteiger charge is -2.40. The second-order valence-corrected chi connectivity index (χ2v) is 7.15. The van der Waals surface area contributed by atoms with Crippen molar-refractivity contribution in [1.29, 1.82) is 0 Å². The van der Waals surface area contributed by atoms with Crippen LogP contribution in [0.5, 0.6) is 0 Å². The molecule has 4 N–H and O–H groups in total. The zero-order valence-electron chi connectivity index (χ0n) is 15.4. The predicted molar refractivity (Wildman–Crippen MR) is 98.0 cm³/mol. The van der Waals surface area contributed by atoms with Gasteiger partial charge in [0.1, 0.15) is 24.4 Å². The summed E-state index contributed by atoms with van der Waals surface area (Å²) in [4.78, 5) is 0. The second-order valence-electron chi connectivity index (χ2n) is 7.15. The third-order valence-corrected chi connectivity index (χ3v) is 5.05. The topological polar surface area (TPSA) is 90.2 Å². The summed E-state index contributed by atoms with van der Waals surface area (Å²) in [5.74, 6) is 2.67. The van der Waals surface area contributed by atoms with Crippen LogP contribution < -0.4 is 0 Å². The van der Waals surface area contributed by atoms with Crippen molar-refractivity contribution in [2.45, 2.75) is 108 Å². The average molecular weight is 357 g/mol. The van der Waals surface area contributed by atoms with E-state index in [1.807, 2.05) is 0 Å². The molecule has 5 atom stereocenters. The molecule has 25 heavy (non-hydrogen) atoms. The smallest absolute Gasteiger partial charge is 0.111 e. The number of aliphatic hydroxyl groups excluding tert-OH is 4. The maximum Gasteiger partial charge on any atom is 0.111 e. The van der Waals surface area contributed by atoms with Crippen LogP contribution in [0.4, 0.5) is 0 Å². The first-order valence-corrected chi connectivity index (χ1v) is 9.85. The van der Waals surface area contributed by atoms with Crippen LogP contribution in [0.25, 0.3) is 0 Å². The Hall–Kier alpha value is -0.640. The molecule has 5 nitrogen and oxygen atoms in total. The summed E-state index contributed by atoms with van der Waals surface area (Å²) < 4.78 is 5.51. The Bertz CT molecular complexity index is 366. The van der Waals surface area contributed by atoms with Crippen molar-refractivity contribution in [3.05, 3.63) is 0 Å². The van der Waals surface area contributed by atoms with Crippen molar-refractivity contribution in [3.63, 3.8) is 0 Å². The van der Waals surface area contributed by atoms with E-state index in [1.54, 1.807) is 0 Å². The van der Waals surface area contributed by atoms with Gasteiger partial charge in [-0.05, 0) is 12.8 Å². The molecular weight excluding hydrogens is 320 g/mol. The number of terminal acetylenes is 1. The molecule has 0 bridgehead atoms. The number of rotatable bonds is 13. The molecule has 0 aromatic rings. The number of aliphatic hydroxyl groups is 4. The van der Waals surface area contributed by atoms with Crippen LogP contribution >= 0.6 is 0 Å². The van der Waals surface area contributed by atoms with Crippen molar-refractivity contribution in [1.82, 2.24) is 0 Å². The van der Waals surface area contributed by atoms with Gasteiger partial charge in [-0.2, -0.15) is 0 Å². The molecule has 1 saturated heterocycles. The third kappa shape index (κ3) is 8.52. The van der Waals surface area contributed by atoms with Gasteiger partial charge >= 0.3 is 0 Å². The van der Waals surface area contributed by atoms with Gasteiger partial charge in [-0.3, -0.25) is 0 Å². The lowest BCUT2D eigenvalue weighted by atomic mass is 9.92. The maximum absolute atomic E-state index is 9.97. The van der Waals surface area contributed by atoms with E-state index in [4.69, 9.17) is 16.3 Å². The minimum atomic E-state index is -1.25. The normalized spacial score (nSPS) is 29.5. The number of hydrogen-bond acceptors (Lipinski definition) is 5. The zero-order chi connectivity index (χ0) is 18.5. The monoisotopic (exact) mass is 356 g/mol. The van der Waals surface area contributed by atoms with Gasteiger partial charge in [0.15, 0.2) is 0 Å². The van der Waals surface area contributed by atoms with E-state index < -0.39 is 30.5 Å². The van der Waals surface area contributed by atoms with Gasteiger partial charge in [0.25, 0.3) is 0 Å². The van der Waals surface area contributed by atoms with Crippen molar-refractivity contribution in [2.24, 2.45) is 0 Å². The van der Waals surface area contributed by atoms with Crippen molar-refractivity contribution >= 4 is 0 Å². The number of hydrogen-bond donors (Lipinski definition) is 4. The van der Waals surface area contributed by atoms with E-state index in [-0.39, 0.29) is 6.61 Å². The highest BCUT2D eigenvalue weighted by Gasteiger charge is 2.42. The van der Waals surface area contributed by atoms with E-state index in [0.717, 1.165) is 32.1 Å². The molecule has 1 aliphatic heterocycles. The van der Waals surface area contributed by atoms with Gasteiger partial charge in [0.2, 0.25) is 0 Å². The quantitative estimate of drug-likeness (QED) is 0.300. The molecule has 0 amide bonds. The van der Waals surface area contributed by atoms with Crippen LogP contribution in [-0.4, -0.2) is 57.6 Å². The molecule has 146 valence electrons. The second kappa shape index (κ2) is 13.5. The van der Waals surface area contributed by atoms with Gasteiger partial charge < -0.3 is 25.2 Å². The fourth-order valence-corrected chi connectivity index (χ4v) is 3.40. The van der Waals surface area contributed by atoms with E-state index >= 15 is 0 Å². The first kappa shape index (κ1) is 22.4. The number of unbranched alkanes of at least 4 members (excludes halogenated alkanes) is 10. The molecule has 1 aliphatic rings. The van der Waals surface area contributed by atoms with Gasteiger partial charge in [-0.1, -0.05) is 57.8 Å². The molecule has 0 spiro atoms. The summed E-state index contributed by atoms with van der Waals surface area (Å²) in [7, 11) is 0. The lowest BCUT2D eigenvalue weighted by Crippen LogP contribution is -2.58. The van der Waals surface area contributed by atoms with Crippen LogP contribution in [0.15, 0.2) is 0 Å². The Balaban J connectivity index is 2.00. The molecular formula is C20H36O5. The van der Waals surface area contributed by atoms with Gasteiger partial charge in [0.05, 0.1) is 12.7 Å². The highest BCUT2D eigenvalue weighted by molar-refractivity contribution is 4.91. The molecule has 0 radical (unpaired) electrons. The van der Waals surface area contributed by atoms with Crippen LogP contribution in [-0.2, 0) is 4.74 Å². The average Bonchev–Trinajstić information content (AvgIpc) is 2.62. The van der Waals surface area contributed by atoms with Crippen molar-refractivity contribution in [3.8, 4) is 12.3 Å². The standard InChI is InChI=1S/C20H36O5/c1-2-3-4-5-6-7-8-9-10-11-12-13-14-16-18(22)20(24)19(23)17(15-21)25-16/h1,16-24H,3-15H2/t16-,17-,18-,19-,20-/m1/s1. The molecule has 1 rings (SSSR count). The third-order valence-electron chi connectivity index (χ3n) is 5.05. The van der Waals surface area contributed by atoms with Crippen LogP contribution in [0.1, 0.15) is 77.0 Å². The van der Waals surface area contributed by atoms with E-state index in [2.05, 4.69) is 5.92 Å². The molecule has 0 aromatic carbocycles. The number of ether oxygens (including phenoxy) is 1. The van der Waals surface area contributed by atoms with E-state index in [0.29, 0.717) is 6.42 Å². The van der Waals surface area contributed by atoms with Crippen molar-refractivity contribution in [2.75, 3.05) is 6.61 Å². The van der Waals surface area contributed by atoms with Crippen LogP contribution in [0, 0.1) is 12.3 Å². The van der Waals surface area contributed by atoms with Gasteiger partial charge in [-0.15, -0.1) is 12.3 Å². The lowest BCUT2D eigenvalue weighted by molar-refractivity contribution is -0.230. The fraction of sp³-hybridized carbons (Fsp3) is 0.900. The Morgan fingerprint density at radius 1 is 0.680 bits per heavy atom. The minimum Gasteiger partial charge on any atom is -0.394 e. The molecule has 0 aliphatic carbocycles. The van der Waals surface area contributed by atoms with Crippen LogP contribution in [0.3, 0.4) is 0 Å². The molecule has 1 heterocycles. The highest BCUT2D eigenvalue weighted by atomic mass is 16.5. The minimum absolute atomic E-state index is 0.357. The molecule has 1 fully saturated rings. The first-order chi connectivity index (χ1) is 12.1. The van der Waals surface area contributed by atoms with E-state index in [1.165, 1.54) is 38.5 Å². The highest BCUT2D eigenvalue weighted by Crippen LogP contribution is 2.25. The Labute approximate surface area is 152 Å². The van der Waals surface area contributed by atoms with Gasteiger partial charge in [0, 0.05) is 6.42 Å². The molecule has 0 unspecified atom stereocenters. The SMILES string of the molecule is C#CCCCCCCCCCCCC[C@H]1O[C@H](CO)[C@@H](O)[C@H](O)[C@@H]1O.